The Balaban J connectivity index is 2.40. The van der Waals surface area contributed by atoms with E-state index in [2.05, 4.69) is 26.2 Å². The molecule has 5 heteroatoms. The maximum atomic E-state index is 9.82. The third-order valence-electron chi connectivity index (χ3n) is 2.53. The van der Waals surface area contributed by atoms with E-state index in [0.29, 0.717) is 5.69 Å². The molecule has 4 nitrogen and oxygen atoms in total. The van der Waals surface area contributed by atoms with Gasteiger partial charge in [-0.05, 0) is 44.5 Å². The molecule has 0 aliphatic rings. The molecule has 17 heavy (non-hydrogen) atoms. The van der Waals surface area contributed by atoms with Crippen molar-refractivity contribution in [1.82, 2.24) is 15.0 Å². The molecule has 0 aliphatic carbocycles. The van der Waals surface area contributed by atoms with Gasteiger partial charge in [0, 0.05) is 4.47 Å². The molecule has 0 fully saturated rings. The predicted octanol–water partition coefficient (Wildman–Crippen LogP) is 2.57. The highest BCUT2D eigenvalue weighted by Crippen LogP contribution is 2.21. The van der Waals surface area contributed by atoms with Crippen molar-refractivity contribution < 1.29 is 5.11 Å². The summed E-state index contributed by atoms with van der Waals surface area (Å²) in [5, 5.41) is 17.8. The fraction of sp³-hybridized carbons (Fsp3) is 0.333. The minimum atomic E-state index is -0.970. The summed E-state index contributed by atoms with van der Waals surface area (Å²) in [5.41, 5.74) is 1.64. The number of benzene rings is 1. The van der Waals surface area contributed by atoms with Gasteiger partial charge in [0.1, 0.15) is 11.3 Å². The lowest BCUT2D eigenvalue weighted by molar-refractivity contribution is 0.0737. The smallest absolute Gasteiger partial charge is 0.114 e. The lowest BCUT2D eigenvalue weighted by atomic mass is 10.1. The molecule has 0 amide bonds. The molecule has 1 heterocycles. The van der Waals surface area contributed by atoms with Gasteiger partial charge in [-0.3, -0.25) is 0 Å². The Kier molecular flexibility index (Phi) is 3.05. The first-order valence-corrected chi connectivity index (χ1v) is 6.09. The van der Waals surface area contributed by atoms with E-state index in [-0.39, 0.29) is 0 Å². The van der Waals surface area contributed by atoms with E-state index < -0.39 is 5.60 Å². The Labute approximate surface area is 108 Å². The average molecular weight is 296 g/mol. The fourth-order valence-electron chi connectivity index (χ4n) is 1.44. The number of aromatic nitrogens is 3. The zero-order valence-electron chi connectivity index (χ0n) is 9.98. The molecule has 0 radical (unpaired) electrons. The van der Waals surface area contributed by atoms with Crippen molar-refractivity contribution >= 4 is 15.9 Å². The van der Waals surface area contributed by atoms with Crippen molar-refractivity contribution in [3.8, 4) is 5.69 Å². The third kappa shape index (κ3) is 2.56. The molecule has 1 aromatic heterocycles. The van der Waals surface area contributed by atoms with Gasteiger partial charge >= 0.3 is 0 Å². The van der Waals surface area contributed by atoms with Crippen LogP contribution in [0.1, 0.15) is 25.1 Å². The van der Waals surface area contributed by atoms with Crippen LogP contribution in [0.5, 0.6) is 0 Å². The largest absolute Gasteiger partial charge is 0.384 e. The van der Waals surface area contributed by atoms with Crippen LogP contribution in [0.25, 0.3) is 5.69 Å². The summed E-state index contributed by atoms with van der Waals surface area (Å²) in [6.07, 6.45) is 1.74. The van der Waals surface area contributed by atoms with Crippen molar-refractivity contribution in [2.75, 3.05) is 0 Å². The first-order valence-electron chi connectivity index (χ1n) is 5.29. The number of halogens is 1. The van der Waals surface area contributed by atoms with Gasteiger partial charge < -0.3 is 5.11 Å². The Hall–Kier alpha value is -1.20. The molecule has 90 valence electrons. The van der Waals surface area contributed by atoms with E-state index in [0.717, 1.165) is 15.7 Å². The van der Waals surface area contributed by atoms with Crippen LogP contribution in [0.4, 0.5) is 0 Å². The highest BCUT2D eigenvalue weighted by molar-refractivity contribution is 9.10. The average Bonchev–Trinajstić information content (AvgIpc) is 2.70. The second-order valence-corrected chi connectivity index (χ2v) is 5.40. The van der Waals surface area contributed by atoms with Gasteiger partial charge in [-0.1, -0.05) is 21.1 Å². The van der Waals surface area contributed by atoms with Crippen LogP contribution in [0.3, 0.4) is 0 Å². The number of hydrogen-bond donors (Lipinski definition) is 1. The molecule has 2 rings (SSSR count). The topological polar surface area (TPSA) is 50.9 Å². The molecule has 2 aromatic rings. The number of aryl methyl sites for hydroxylation is 1. The number of nitrogens with zero attached hydrogens (tertiary/aromatic N) is 3. The van der Waals surface area contributed by atoms with Gasteiger partial charge in [-0.15, -0.1) is 5.10 Å². The first kappa shape index (κ1) is 12.3. The molecule has 0 unspecified atom stereocenters. The minimum Gasteiger partial charge on any atom is -0.384 e. The fourth-order valence-corrected chi connectivity index (χ4v) is 1.69. The van der Waals surface area contributed by atoms with Gasteiger partial charge in [0.15, 0.2) is 0 Å². The number of aliphatic hydroxyl groups is 1. The third-order valence-corrected chi connectivity index (χ3v) is 3.42. The van der Waals surface area contributed by atoms with E-state index in [1.165, 1.54) is 0 Å². The molecule has 1 N–H and O–H groups in total. The Morgan fingerprint density at radius 2 is 2.06 bits per heavy atom. The Morgan fingerprint density at radius 1 is 1.35 bits per heavy atom. The highest BCUT2D eigenvalue weighted by atomic mass is 79.9. The zero-order valence-corrected chi connectivity index (χ0v) is 11.6. The maximum Gasteiger partial charge on any atom is 0.114 e. The van der Waals surface area contributed by atoms with Crippen molar-refractivity contribution in [2.45, 2.75) is 26.4 Å². The van der Waals surface area contributed by atoms with Crippen LogP contribution < -0.4 is 0 Å². The van der Waals surface area contributed by atoms with E-state index in [4.69, 9.17) is 0 Å². The van der Waals surface area contributed by atoms with Gasteiger partial charge in [-0.25, -0.2) is 4.68 Å². The highest BCUT2D eigenvalue weighted by Gasteiger charge is 2.20. The molecular formula is C12H14BrN3O. The van der Waals surface area contributed by atoms with Crippen LogP contribution in [0, 0.1) is 6.92 Å². The lowest BCUT2D eigenvalue weighted by Crippen LogP contribution is -2.15. The second-order valence-electron chi connectivity index (χ2n) is 4.54. The van der Waals surface area contributed by atoms with E-state index in [1.54, 1.807) is 24.7 Å². The van der Waals surface area contributed by atoms with Crippen LogP contribution in [0.2, 0.25) is 0 Å². The number of hydrogen-bond acceptors (Lipinski definition) is 3. The van der Waals surface area contributed by atoms with Crippen molar-refractivity contribution in [1.29, 1.82) is 0 Å². The van der Waals surface area contributed by atoms with E-state index in [9.17, 15) is 5.11 Å². The normalized spacial score (nSPS) is 11.8. The summed E-state index contributed by atoms with van der Waals surface area (Å²) in [6.45, 7) is 5.39. The lowest BCUT2D eigenvalue weighted by Gasteiger charge is -2.11. The summed E-state index contributed by atoms with van der Waals surface area (Å²) in [5.74, 6) is 0. The molecule has 0 saturated carbocycles. The summed E-state index contributed by atoms with van der Waals surface area (Å²) in [4.78, 5) is 0. The summed E-state index contributed by atoms with van der Waals surface area (Å²) >= 11 is 3.45. The van der Waals surface area contributed by atoms with Crippen LogP contribution in [-0.4, -0.2) is 20.1 Å². The predicted molar refractivity (Wildman–Crippen MR) is 69.0 cm³/mol. The van der Waals surface area contributed by atoms with Gasteiger partial charge in [0.05, 0.1) is 11.9 Å². The van der Waals surface area contributed by atoms with Crippen molar-refractivity contribution in [3.05, 3.63) is 40.1 Å². The summed E-state index contributed by atoms with van der Waals surface area (Å²) in [7, 11) is 0. The molecule has 0 bridgehead atoms. The second kappa shape index (κ2) is 4.23. The molecular weight excluding hydrogens is 282 g/mol. The molecule has 0 spiro atoms. The summed E-state index contributed by atoms with van der Waals surface area (Å²) < 4.78 is 2.72. The molecule has 0 atom stereocenters. The standard InChI is InChI=1S/C12H14BrN3O/c1-8-6-9(4-5-10(8)13)16-7-11(14-15-16)12(2,3)17/h4-7,17H,1-3H3. The van der Waals surface area contributed by atoms with Crippen molar-refractivity contribution in [3.63, 3.8) is 0 Å². The van der Waals surface area contributed by atoms with Crippen LogP contribution in [0.15, 0.2) is 28.9 Å². The maximum absolute atomic E-state index is 9.82. The number of rotatable bonds is 2. The van der Waals surface area contributed by atoms with Crippen LogP contribution >= 0.6 is 15.9 Å². The van der Waals surface area contributed by atoms with Gasteiger partial charge in [0.2, 0.25) is 0 Å². The van der Waals surface area contributed by atoms with E-state index in [1.807, 2.05) is 25.1 Å². The van der Waals surface area contributed by atoms with Gasteiger partial charge in [-0.2, -0.15) is 0 Å². The SMILES string of the molecule is Cc1cc(-n2cc(C(C)(C)O)nn2)ccc1Br. The Morgan fingerprint density at radius 3 is 2.59 bits per heavy atom. The van der Waals surface area contributed by atoms with Gasteiger partial charge in [0.25, 0.3) is 0 Å². The molecule has 0 aliphatic heterocycles. The molecule has 1 aromatic carbocycles. The minimum absolute atomic E-state index is 0.554. The zero-order chi connectivity index (χ0) is 12.6. The summed E-state index contributed by atoms with van der Waals surface area (Å²) in [6, 6.07) is 5.92. The van der Waals surface area contributed by atoms with Crippen molar-refractivity contribution in [2.24, 2.45) is 0 Å². The Bertz CT molecular complexity index is 543. The quantitative estimate of drug-likeness (QED) is 0.926. The molecule has 0 saturated heterocycles. The first-order chi connectivity index (χ1) is 7.88. The van der Waals surface area contributed by atoms with E-state index >= 15 is 0 Å². The van der Waals surface area contributed by atoms with Crippen LogP contribution in [-0.2, 0) is 5.60 Å². The monoisotopic (exact) mass is 295 g/mol.